The van der Waals surface area contributed by atoms with Crippen LogP contribution in [0.4, 0.5) is 0 Å². The van der Waals surface area contributed by atoms with Gasteiger partial charge in [0.05, 0.1) is 31.9 Å². The van der Waals surface area contributed by atoms with Crippen molar-refractivity contribution >= 4 is 5.97 Å². The third kappa shape index (κ3) is 4.81. The van der Waals surface area contributed by atoms with Gasteiger partial charge >= 0.3 is 5.97 Å². The highest BCUT2D eigenvalue weighted by atomic mass is 16.5. The Morgan fingerprint density at radius 2 is 1.82 bits per heavy atom. The minimum atomic E-state index is -0.382. The maximum Gasteiger partial charge on any atom is 0.319 e. The van der Waals surface area contributed by atoms with E-state index in [0.29, 0.717) is 6.61 Å². The van der Waals surface area contributed by atoms with Crippen LogP contribution in [0.25, 0.3) is 0 Å². The van der Waals surface area contributed by atoms with E-state index in [1.54, 1.807) is 0 Å². The highest BCUT2D eigenvalue weighted by Gasteiger charge is 2.43. The van der Waals surface area contributed by atoms with Crippen LogP contribution in [0, 0.1) is 13.8 Å². The molecule has 2 atom stereocenters. The summed E-state index contributed by atoms with van der Waals surface area (Å²) >= 11 is 0. The van der Waals surface area contributed by atoms with Gasteiger partial charge in [0.2, 0.25) is 0 Å². The molecule has 28 heavy (non-hydrogen) atoms. The number of hydrogen-bond donors (Lipinski definition) is 1. The van der Waals surface area contributed by atoms with Crippen molar-refractivity contribution in [3.8, 4) is 0 Å². The molecule has 1 N–H and O–H groups in total. The van der Waals surface area contributed by atoms with Crippen LogP contribution in [0.3, 0.4) is 0 Å². The average molecular weight is 382 g/mol. The topological polar surface area (TPSA) is 47.6 Å². The summed E-state index contributed by atoms with van der Waals surface area (Å²) in [6, 6.07) is 16.9. The molecule has 2 aromatic carbocycles. The zero-order valence-electron chi connectivity index (χ0n) is 17.2. The zero-order valence-corrected chi connectivity index (χ0v) is 17.2. The molecule has 1 fully saturated rings. The molecule has 0 spiro atoms. The van der Waals surface area contributed by atoms with Crippen LogP contribution in [0.5, 0.6) is 0 Å². The Morgan fingerprint density at radius 3 is 2.50 bits per heavy atom. The van der Waals surface area contributed by atoms with Crippen LogP contribution < -0.4 is 5.32 Å². The number of rotatable bonds is 7. The number of nitrogens with one attached hydrogen (secondary N) is 1. The van der Waals surface area contributed by atoms with Gasteiger partial charge < -0.3 is 9.47 Å². The lowest BCUT2D eigenvalue weighted by Gasteiger charge is -2.45. The number of ether oxygens (including phenoxy) is 2. The quantitative estimate of drug-likeness (QED) is 0.721. The lowest BCUT2D eigenvalue weighted by atomic mass is 9.74. The summed E-state index contributed by atoms with van der Waals surface area (Å²) in [7, 11) is 1.42. The standard InChI is InChI=1S/C24H31NO3/c1-18-13-19(2)15-20(14-18)17-28-22-11-7-8-12-24(22,25-16-23(26)27-3)21-9-5-4-6-10-21/h4-6,9-10,13-15,22,25H,7-8,11-12,16-17H2,1-3H3. The fraction of sp³-hybridized carbons (Fsp3) is 0.458. The summed E-state index contributed by atoms with van der Waals surface area (Å²) in [5, 5.41) is 3.51. The predicted molar refractivity (Wildman–Crippen MR) is 111 cm³/mol. The van der Waals surface area contributed by atoms with Gasteiger partial charge in [0.25, 0.3) is 0 Å². The van der Waals surface area contributed by atoms with Crippen molar-refractivity contribution in [3.05, 3.63) is 70.8 Å². The van der Waals surface area contributed by atoms with Crippen LogP contribution in [0.15, 0.2) is 48.5 Å². The molecule has 0 saturated heterocycles. The maximum absolute atomic E-state index is 11.9. The third-order valence-electron chi connectivity index (χ3n) is 5.63. The molecule has 1 aliphatic rings. The largest absolute Gasteiger partial charge is 0.468 e. The molecule has 0 aromatic heterocycles. The highest BCUT2D eigenvalue weighted by Crippen LogP contribution is 2.39. The van der Waals surface area contributed by atoms with Gasteiger partial charge in [-0.2, -0.15) is 0 Å². The minimum absolute atomic E-state index is 0.00544. The minimum Gasteiger partial charge on any atom is -0.468 e. The third-order valence-corrected chi connectivity index (χ3v) is 5.63. The smallest absolute Gasteiger partial charge is 0.319 e. The average Bonchev–Trinajstić information content (AvgIpc) is 2.71. The van der Waals surface area contributed by atoms with Crippen molar-refractivity contribution in [2.75, 3.05) is 13.7 Å². The summed E-state index contributed by atoms with van der Waals surface area (Å²) in [6.45, 7) is 4.98. The molecule has 0 heterocycles. The lowest BCUT2D eigenvalue weighted by molar-refractivity contribution is -0.141. The number of esters is 1. The Kier molecular flexibility index (Phi) is 6.87. The van der Waals surface area contributed by atoms with Gasteiger partial charge in [-0.1, -0.05) is 72.5 Å². The Hall–Kier alpha value is -2.17. The molecule has 4 nitrogen and oxygen atoms in total. The monoisotopic (exact) mass is 381 g/mol. The van der Waals surface area contributed by atoms with Crippen molar-refractivity contribution in [3.63, 3.8) is 0 Å². The molecule has 0 aliphatic heterocycles. The molecule has 150 valence electrons. The zero-order chi connectivity index (χ0) is 20.0. The van der Waals surface area contributed by atoms with E-state index >= 15 is 0 Å². The second kappa shape index (κ2) is 9.35. The Balaban J connectivity index is 1.85. The van der Waals surface area contributed by atoms with Crippen LogP contribution >= 0.6 is 0 Å². The van der Waals surface area contributed by atoms with Crippen molar-refractivity contribution in [2.45, 2.75) is 57.8 Å². The summed E-state index contributed by atoms with van der Waals surface area (Å²) in [5.74, 6) is -0.256. The van der Waals surface area contributed by atoms with Crippen LogP contribution in [0.1, 0.15) is 47.9 Å². The first-order chi connectivity index (χ1) is 13.5. The molecular formula is C24H31NO3. The first-order valence-electron chi connectivity index (χ1n) is 10.1. The molecule has 0 bridgehead atoms. The van der Waals surface area contributed by atoms with E-state index < -0.39 is 0 Å². The molecule has 4 heteroatoms. The van der Waals surface area contributed by atoms with Crippen LogP contribution in [-0.4, -0.2) is 25.7 Å². The van der Waals surface area contributed by atoms with Gasteiger partial charge in [0.1, 0.15) is 0 Å². The molecule has 2 unspecified atom stereocenters. The van der Waals surface area contributed by atoms with Gasteiger partial charge in [0, 0.05) is 0 Å². The molecule has 0 amide bonds. The SMILES string of the molecule is COC(=O)CNC1(c2ccccc2)CCCCC1OCc1cc(C)cc(C)c1. The van der Waals surface area contributed by atoms with Gasteiger partial charge in [-0.3, -0.25) is 10.1 Å². The fourth-order valence-electron chi connectivity index (χ4n) is 4.39. The molecule has 2 aromatic rings. The number of benzene rings is 2. The van der Waals surface area contributed by atoms with Crippen molar-refractivity contribution < 1.29 is 14.3 Å². The molecule has 1 aliphatic carbocycles. The van der Waals surface area contributed by atoms with Gasteiger partial charge in [-0.25, -0.2) is 0 Å². The first kappa shape index (κ1) is 20.6. The van der Waals surface area contributed by atoms with Crippen molar-refractivity contribution in [2.24, 2.45) is 0 Å². The summed E-state index contributed by atoms with van der Waals surface area (Å²) in [5.41, 5.74) is 4.48. The Bertz CT molecular complexity index is 769. The molecule has 1 saturated carbocycles. The number of carbonyl (C=O) groups is 1. The highest BCUT2D eigenvalue weighted by molar-refractivity contribution is 5.71. The van der Waals surface area contributed by atoms with Gasteiger partial charge in [-0.15, -0.1) is 0 Å². The number of aryl methyl sites for hydroxylation is 2. The predicted octanol–water partition coefficient (Wildman–Crippen LogP) is 4.42. The van der Waals surface area contributed by atoms with E-state index in [-0.39, 0.29) is 24.2 Å². The summed E-state index contributed by atoms with van der Waals surface area (Å²) in [6.07, 6.45) is 4.13. The van der Waals surface area contributed by atoms with E-state index in [1.807, 2.05) is 18.2 Å². The van der Waals surface area contributed by atoms with Gasteiger partial charge in [0.15, 0.2) is 0 Å². The van der Waals surface area contributed by atoms with Crippen LogP contribution in [-0.2, 0) is 26.4 Å². The van der Waals surface area contributed by atoms with Crippen molar-refractivity contribution in [1.29, 1.82) is 0 Å². The van der Waals surface area contributed by atoms with Crippen LogP contribution in [0.2, 0.25) is 0 Å². The molecule has 3 rings (SSSR count). The maximum atomic E-state index is 11.9. The van der Waals surface area contributed by atoms with Gasteiger partial charge in [-0.05, 0) is 37.8 Å². The second-order valence-electron chi connectivity index (χ2n) is 7.81. The van der Waals surface area contributed by atoms with E-state index in [2.05, 4.69) is 49.5 Å². The Labute approximate surface area is 168 Å². The second-order valence-corrected chi connectivity index (χ2v) is 7.81. The normalized spacial score (nSPS) is 22.0. The summed E-state index contributed by atoms with van der Waals surface area (Å²) < 4.78 is 11.4. The van der Waals surface area contributed by atoms with E-state index in [9.17, 15) is 4.79 Å². The van der Waals surface area contributed by atoms with E-state index in [0.717, 1.165) is 25.7 Å². The Morgan fingerprint density at radius 1 is 1.11 bits per heavy atom. The number of methoxy groups -OCH3 is 1. The fourth-order valence-corrected chi connectivity index (χ4v) is 4.39. The molecule has 0 radical (unpaired) electrons. The summed E-state index contributed by atoms with van der Waals surface area (Å²) in [4.78, 5) is 11.9. The number of carbonyl (C=O) groups excluding carboxylic acids is 1. The van der Waals surface area contributed by atoms with E-state index in [4.69, 9.17) is 9.47 Å². The lowest BCUT2D eigenvalue weighted by Crippen LogP contribution is -2.55. The van der Waals surface area contributed by atoms with E-state index in [1.165, 1.54) is 29.4 Å². The van der Waals surface area contributed by atoms with Crippen molar-refractivity contribution in [1.82, 2.24) is 5.32 Å². The number of hydrogen-bond acceptors (Lipinski definition) is 4. The molecular weight excluding hydrogens is 350 g/mol. The first-order valence-corrected chi connectivity index (χ1v) is 10.1.